The zero-order chi connectivity index (χ0) is 10.4. The smallest absolute Gasteiger partial charge is 0.0478 e. The molecule has 0 aliphatic carbocycles. The fraction of sp³-hybridized carbons (Fsp3) is 1.00. The lowest BCUT2D eigenvalue weighted by molar-refractivity contribution is 0.122. The van der Waals surface area contributed by atoms with Crippen LogP contribution in [0.3, 0.4) is 0 Å². The highest BCUT2D eigenvalue weighted by atomic mass is 16.5. The van der Waals surface area contributed by atoms with Crippen molar-refractivity contribution in [2.45, 2.75) is 33.1 Å². The summed E-state index contributed by atoms with van der Waals surface area (Å²) in [4.78, 5) is 2.44. The van der Waals surface area contributed by atoms with Gasteiger partial charge < -0.3 is 9.64 Å². The molecular formula is C12H25NO. The third kappa shape index (κ3) is 4.43. The van der Waals surface area contributed by atoms with Crippen molar-refractivity contribution in [3.63, 3.8) is 0 Å². The van der Waals surface area contributed by atoms with E-state index in [1.165, 1.54) is 32.4 Å². The van der Waals surface area contributed by atoms with Gasteiger partial charge in [0.25, 0.3) is 0 Å². The van der Waals surface area contributed by atoms with Crippen molar-refractivity contribution in [1.82, 2.24) is 4.90 Å². The Morgan fingerprint density at radius 1 is 1.07 bits per heavy atom. The average molecular weight is 199 g/mol. The fourth-order valence-electron chi connectivity index (χ4n) is 2.09. The van der Waals surface area contributed by atoms with E-state index in [0.717, 1.165) is 25.0 Å². The molecule has 1 fully saturated rings. The second kappa shape index (κ2) is 6.41. The van der Waals surface area contributed by atoms with Gasteiger partial charge in [-0.2, -0.15) is 0 Å². The first-order chi connectivity index (χ1) is 6.70. The summed E-state index contributed by atoms with van der Waals surface area (Å²) in [7, 11) is 2.22. The summed E-state index contributed by atoms with van der Waals surface area (Å²) in [6, 6.07) is 0. The van der Waals surface area contributed by atoms with Gasteiger partial charge in [0.05, 0.1) is 0 Å². The molecule has 14 heavy (non-hydrogen) atoms. The van der Waals surface area contributed by atoms with Crippen molar-refractivity contribution < 1.29 is 4.74 Å². The van der Waals surface area contributed by atoms with E-state index in [2.05, 4.69) is 25.8 Å². The lowest BCUT2D eigenvalue weighted by Crippen LogP contribution is -2.28. The molecule has 1 saturated heterocycles. The zero-order valence-electron chi connectivity index (χ0n) is 9.96. The van der Waals surface area contributed by atoms with Crippen LogP contribution in [-0.4, -0.2) is 38.3 Å². The summed E-state index contributed by atoms with van der Waals surface area (Å²) in [5.41, 5.74) is 0. The topological polar surface area (TPSA) is 12.5 Å². The van der Waals surface area contributed by atoms with E-state index in [-0.39, 0.29) is 0 Å². The monoisotopic (exact) mass is 199 g/mol. The van der Waals surface area contributed by atoms with Crippen molar-refractivity contribution in [2.24, 2.45) is 11.8 Å². The molecule has 1 heterocycles. The van der Waals surface area contributed by atoms with Gasteiger partial charge in [-0.3, -0.25) is 0 Å². The van der Waals surface area contributed by atoms with Crippen LogP contribution in [0, 0.1) is 11.8 Å². The Balaban J connectivity index is 2.38. The Bertz CT molecular complexity index is 149. The lowest BCUT2D eigenvalue weighted by atomic mass is 9.91. The Morgan fingerprint density at radius 2 is 1.79 bits per heavy atom. The Labute approximate surface area is 88.6 Å². The van der Waals surface area contributed by atoms with E-state index in [4.69, 9.17) is 4.74 Å². The molecule has 0 bridgehead atoms. The molecule has 84 valence electrons. The molecule has 1 aliphatic rings. The fourth-order valence-corrected chi connectivity index (χ4v) is 2.09. The third-order valence-electron chi connectivity index (χ3n) is 3.35. The van der Waals surface area contributed by atoms with Crippen LogP contribution in [0.4, 0.5) is 0 Å². The van der Waals surface area contributed by atoms with E-state index in [1.807, 2.05) is 0 Å². The van der Waals surface area contributed by atoms with Gasteiger partial charge in [-0.05, 0) is 38.1 Å². The standard InChI is InChI=1S/C12H25NO/c1-11-6-4-8-14-9-5-7-13(3)10-12(11)2/h11-12H,4-10H2,1-3H3/t11-,12?/m1/s1. The molecule has 0 radical (unpaired) electrons. The second-order valence-electron chi connectivity index (χ2n) is 4.82. The second-order valence-corrected chi connectivity index (χ2v) is 4.82. The molecule has 0 aromatic heterocycles. The van der Waals surface area contributed by atoms with Crippen molar-refractivity contribution >= 4 is 0 Å². The van der Waals surface area contributed by atoms with Crippen LogP contribution in [0.2, 0.25) is 0 Å². The van der Waals surface area contributed by atoms with Gasteiger partial charge in [0.15, 0.2) is 0 Å². The SMILES string of the molecule is CC1CN(C)CCCOCCC[C@H]1C. The van der Waals surface area contributed by atoms with E-state index in [0.29, 0.717) is 0 Å². The van der Waals surface area contributed by atoms with Crippen molar-refractivity contribution in [3.05, 3.63) is 0 Å². The molecular weight excluding hydrogens is 174 g/mol. The Morgan fingerprint density at radius 3 is 2.57 bits per heavy atom. The summed E-state index contributed by atoms with van der Waals surface area (Å²) in [6.45, 7) is 9.06. The van der Waals surface area contributed by atoms with Gasteiger partial charge in [0.2, 0.25) is 0 Å². The van der Waals surface area contributed by atoms with Gasteiger partial charge in [-0.15, -0.1) is 0 Å². The first-order valence-electron chi connectivity index (χ1n) is 5.96. The average Bonchev–Trinajstić information content (AvgIpc) is 2.17. The molecule has 1 aliphatic heterocycles. The van der Waals surface area contributed by atoms with Crippen molar-refractivity contribution in [1.29, 1.82) is 0 Å². The molecule has 0 spiro atoms. The number of nitrogens with zero attached hydrogens (tertiary/aromatic N) is 1. The van der Waals surface area contributed by atoms with Gasteiger partial charge >= 0.3 is 0 Å². The molecule has 0 N–H and O–H groups in total. The molecule has 0 amide bonds. The maximum Gasteiger partial charge on any atom is 0.0478 e. The maximum absolute atomic E-state index is 5.57. The normalized spacial score (nSPS) is 33.6. The minimum atomic E-state index is 0.818. The molecule has 2 heteroatoms. The Kier molecular flexibility index (Phi) is 5.49. The lowest BCUT2D eigenvalue weighted by Gasteiger charge is -2.25. The van der Waals surface area contributed by atoms with Crippen LogP contribution in [-0.2, 0) is 4.74 Å². The highest BCUT2D eigenvalue weighted by Gasteiger charge is 2.14. The van der Waals surface area contributed by atoms with Gasteiger partial charge in [-0.1, -0.05) is 13.8 Å². The molecule has 1 unspecified atom stereocenters. The first-order valence-corrected chi connectivity index (χ1v) is 5.96. The molecule has 0 aromatic carbocycles. The number of rotatable bonds is 0. The predicted molar refractivity (Wildman–Crippen MR) is 60.5 cm³/mol. The van der Waals surface area contributed by atoms with E-state index < -0.39 is 0 Å². The summed E-state index contributed by atoms with van der Waals surface area (Å²) in [6.07, 6.45) is 3.72. The van der Waals surface area contributed by atoms with Gasteiger partial charge in [0.1, 0.15) is 0 Å². The number of ether oxygens (including phenoxy) is 1. The predicted octanol–water partition coefficient (Wildman–Crippen LogP) is 2.39. The summed E-state index contributed by atoms with van der Waals surface area (Å²) < 4.78 is 5.57. The summed E-state index contributed by atoms with van der Waals surface area (Å²) in [5, 5.41) is 0. The van der Waals surface area contributed by atoms with Gasteiger partial charge in [0, 0.05) is 26.3 Å². The minimum Gasteiger partial charge on any atom is -0.381 e. The number of hydrogen-bond donors (Lipinski definition) is 0. The van der Waals surface area contributed by atoms with Crippen LogP contribution in [0.25, 0.3) is 0 Å². The van der Waals surface area contributed by atoms with E-state index in [9.17, 15) is 0 Å². The van der Waals surface area contributed by atoms with E-state index in [1.54, 1.807) is 0 Å². The van der Waals surface area contributed by atoms with Crippen molar-refractivity contribution in [2.75, 3.05) is 33.4 Å². The van der Waals surface area contributed by atoms with Crippen LogP contribution in [0.1, 0.15) is 33.1 Å². The number of hydrogen-bond acceptors (Lipinski definition) is 2. The van der Waals surface area contributed by atoms with Crippen LogP contribution in [0.5, 0.6) is 0 Å². The molecule has 0 saturated carbocycles. The summed E-state index contributed by atoms with van der Waals surface area (Å²) >= 11 is 0. The zero-order valence-corrected chi connectivity index (χ0v) is 9.96. The maximum atomic E-state index is 5.57. The van der Waals surface area contributed by atoms with Crippen LogP contribution >= 0.6 is 0 Å². The molecule has 1 rings (SSSR count). The minimum absolute atomic E-state index is 0.818. The largest absolute Gasteiger partial charge is 0.381 e. The van der Waals surface area contributed by atoms with Gasteiger partial charge in [-0.25, -0.2) is 0 Å². The first kappa shape index (κ1) is 12.0. The summed E-state index contributed by atoms with van der Waals surface area (Å²) in [5.74, 6) is 1.65. The highest BCUT2D eigenvalue weighted by Crippen LogP contribution is 2.18. The molecule has 2 atom stereocenters. The van der Waals surface area contributed by atoms with Crippen LogP contribution in [0.15, 0.2) is 0 Å². The third-order valence-corrected chi connectivity index (χ3v) is 3.35. The molecule has 2 nitrogen and oxygen atoms in total. The van der Waals surface area contributed by atoms with Crippen LogP contribution < -0.4 is 0 Å². The molecule has 0 aromatic rings. The Hall–Kier alpha value is -0.0800. The van der Waals surface area contributed by atoms with Crippen molar-refractivity contribution in [3.8, 4) is 0 Å². The van der Waals surface area contributed by atoms with E-state index >= 15 is 0 Å². The quantitative estimate of drug-likeness (QED) is 0.594. The highest BCUT2D eigenvalue weighted by molar-refractivity contribution is 4.66.